The van der Waals surface area contributed by atoms with E-state index in [4.69, 9.17) is 14.0 Å². The van der Waals surface area contributed by atoms with Crippen LogP contribution >= 0.6 is 0 Å². The molecular formula is C20H17N3O4. The summed E-state index contributed by atoms with van der Waals surface area (Å²) >= 11 is 0. The molecule has 1 unspecified atom stereocenters. The van der Waals surface area contributed by atoms with Crippen molar-refractivity contribution in [2.24, 2.45) is 0 Å². The van der Waals surface area contributed by atoms with Crippen LogP contribution in [0, 0.1) is 6.92 Å². The van der Waals surface area contributed by atoms with Crippen LogP contribution in [0.15, 0.2) is 47.0 Å². The molecular weight excluding hydrogens is 346 g/mol. The summed E-state index contributed by atoms with van der Waals surface area (Å²) in [4.78, 5) is 18.8. The van der Waals surface area contributed by atoms with Gasteiger partial charge in [-0.25, -0.2) is 0 Å². The van der Waals surface area contributed by atoms with Crippen LogP contribution < -0.4 is 14.4 Å². The number of ether oxygens (including phenoxy) is 2. The molecule has 136 valence electrons. The summed E-state index contributed by atoms with van der Waals surface area (Å²) in [5, 5.41) is 4.08. The molecule has 5 rings (SSSR count). The lowest BCUT2D eigenvalue weighted by Gasteiger charge is -2.16. The van der Waals surface area contributed by atoms with Crippen molar-refractivity contribution >= 4 is 11.6 Å². The number of carbonyl (C=O) groups is 1. The second-order valence-electron chi connectivity index (χ2n) is 6.77. The van der Waals surface area contributed by atoms with Crippen LogP contribution in [0.3, 0.4) is 0 Å². The third kappa shape index (κ3) is 2.81. The second-order valence-corrected chi connectivity index (χ2v) is 6.77. The molecule has 7 heteroatoms. The Bertz CT molecular complexity index is 1010. The predicted octanol–water partition coefficient (Wildman–Crippen LogP) is 3.29. The van der Waals surface area contributed by atoms with Crippen LogP contribution in [-0.4, -0.2) is 29.4 Å². The molecule has 2 aliphatic rings. The van der Waals surface area contributed by atoms with Gasteiger partial charge in [0.1, 0.15) is 0 Å². The Labute approximate surface area is 155 Å². The topological polar surface area (TPSA) is 77.7 Å². The van der Waals surface area contributed by atoms with Crippen LogP contribution in [0.4, 0.5) is 5.69 Å². The maximum absolute atomic E-state index is 12.5. The third-order valence-corrected chi connectivity index (χ3v) is 4.89. The van der Waals surface area contributed by atoms with Gasteiger partial charge in [0.05, 0.1) is 5.92 Å². The zero-order valence-corrected chi connectivity index (χ0v) is 14.7. The molecule has 0 bridgehead atoms. The van der Waals surface area contributed by atoms with Crippen LogP contribution in [0.1, 0.15) is 23.8 Å². The van der Waals surface area contributed by atoms with Gasteiger partial charge >= 0.3 is 0 Å². The Kier molecular flexibility index (Phi) is 3.60. The summed E-state index contributed by atoms with van der Waals surface area (Å²) in [6.45, 7) is 2.73. The molecule has 1 atom stereocenters. The van der Waals surface area contributed by atoms with E-state index in [2.05, 4.69) is 10.1 Å². The zero-order chi connectivity index (χ0) is 18.4. The van der Waals surface area contributed by atoms with E-state index in [0.29, 0.717) is 36.2 Å². The van der Waals surface area contributed by atoms with Crippen LogP contribution in [-0.2, 0) is 4.79 Å². The SMILES string of the molecule is Cc1ccc(-c2noc(C3CC(=O)N(c4ccc5c(c4)OCO5)C3)n2)cc1. The first-order valence-electron chi connectivity index (χ1n) is 8.78. The fraction of sp³-hybridized carbons (Fsp3) is 0.250. The number of nitrogens with zero attached hydrogens (tertiary/aromatic N) is 3. The fourth-order valence-electron chi connectivity index (χ4n) is 3.40. The highest BCUT2D eigenvalue weighted by Crippen LogP contribution is 2.38. The highest BCUT2D eigenvalue weighted by molar-refractivity contribution is 5.96. The van der Waals surface area contributed by atoms with Gasteiger partial charge in [-0.15, -0.1) is 0 Å². The average Bonchev–Trinajstić information content (AvgIpc) is 3.40. The molecule has 0 radical (unpaired) electrons. The summed E-state index contributed by atoms with van der Waals surface area (Å²) < 4.78 is 16.2. The minimum absolute atomic E-state index is 0.0222. The number of fused-ring (bicyclic) bond motifs is 1. The Morgan fingerprint density at radius 3 is 2.74 bits per heavy atom. The first kappa shape index (κ1) is 15.9. The lowest BCUT2D eigenvalue weighted by molar-refractivity contribution is -0.117. The molecule has 0 aliphatic carbocycles. The van der Waals surface area contributed by atoms with Crippen molar-refractivity contribution in [1.29, 1.82) is 0 Å². The van der Waals surface area contributed by atoms with Gasteiger partial charge in [0.2, 0.25) is 24.4 Å². The number of hydrogen-bond donors (Lipinski definition) is 0. The lowest BCUT2D eigenvalue weighted by atomic mass is 10.1. The molecule has 7 nitrogen and oxygen atoms in total. The van der Waals surface area contributed by atoms with E-state index in [-0.39, 0.29) is 18.6 Å². The van der Waals surface area contributed by atoms with E-state index in [1.54, 1.807) is 4.90 Å². The van der Waals surface area contributed by atoms with Gasteiger partial charge in [-0.1, -0.05) is 35.0 Å². The molecule has 2 aliphatic heterocycles. The lowest BCUT2D eigenvalue weighted by Crippen LogP contribution is -2.24. The van der Waals surface area contributed by atoms with Gasteiger partial charge < -0.3 is 18.9 Å². The van der Waals surface area contributed by atoms with E-state index in [1.807, 2.05) is 49.4 Å². The maximum atomic E-state index is 12.5. The summed E-state index contributed by atoms with van der Waals surface area (Å²) in [6.07, 6.45) is 0.337. The number of hydrogen-bond acceptors (Lipinski definition) is 6. The third-order valence-electron chi connectivity index (χ3n) is 4.89. The Hall–Kier alpha value is -3.35. The minimum Gasteiger partial charge on any atom is -0.454 e. The normalized spacial score (nSPS) is 18.3. The number of carbonyl (C=O) groups excluding carboxylic acids is 1. The van der Waals surface area contributed by atoms with E-state index < -0.39 is 0 Å². The smallest absolute Gasteiger partial charge is 0.232 e. The molecule has 1 aromatic heterocycles. The van der Waals surface area contributed by atoms with E-state index in [1.165, 1.54) is 5.56 Å². The van der Waals surface area contributed by atoms with E-state index in [0.717, 1.165) is 11.3 Å². The number of amides is 1. The average molecular weight is 363 g/mol. The first-order valence-corrected chi connectivity index (χ1v) is 8.78. The van der Waals surface area contributed by atoms with Crippen molar-refractivity contribution < 1.29 is 18.8 Å². The number of anilines is 1. The second kappa shape index (κ2) is 6.12. The molecule has 27 heavy (non-hydrogen) atoms. The predicted molar refractivity (Wildman–Crippen MR) is 96.7 cm³/mol. The summed E-state index contributed by atoms with van der Waals surface area (Å²) in [6, 6.07) is 13.4. The molecule has 1 saturated heterocycles. The van der Waals surface area contributed by atoms with Crippen LogP contribution in [0.2, 0.25) is 0 Å². The van der Waals surface area contributed by atoms with Crippen molar-refractivity contribution in [3.63, 3.8) is 0 Å². The molecule has 1 amide bonds. The number of aryl methyl sites for hydroxylation is 1. The summed E-state index contributed by atoms with van der Waals surface area (Å²) in [7, 11) is 0. The van der Waals surface area contributed by atoms with Gasteiger partial charge in [-0.3, -0.25) is 4.79 Å². The van der Waals surface area contributed by atoms with Gasteiger partial charge in [-0.05, 0) is 19.1 Å². The number of benzene rings is 2. The molecule has 3 heterocycles. The summed E-state index contributed by atoms with van der Waals surface area (Å²) in [5.41, 5.74) is 2.85. The number of rotatable bonds is 3. The zero-order valence-electron chi connectivity index (χ0n) is 14.7. The van der Waals surface area contributed by atoms with Crippen molar-refractivity contribution in [2.75, 3.05) is 18.2 Å². The number of aromatic nitrogens is 2. The molecule has 1 fully saturated rings. The van der Waals surface area contributed by atoms with Crippen molar-refractivity contribution in [2.45, 2.75) is 19.3 Å². The Morgan fingerprint density at radius 1 is 1.07 bits per heavy atom. The molecule has 0 spiro atoms. The van der Waals surface area contributed by atoms with Crippen molar-refractivity contribution in [3.8, 4) is 22.9 Å². The van der Waals surface area contributed by atoms with Crippen molar-refractivity contribution in [3.05, 3.63) is 53.9 Å². The van der Waals surface area contributed by atoms with Gasteiger partial charge in [0, 0.05) is 30.3 Å². The Morgan fingerprint density at radius 2 is 1.89 bits per heavy atom. The largest absolute Gasteiger partial charge is 0.454 e. The quantitative estimate of drug-likeness (QED) is 0.711. The Balaban J connectivity index is 1.37. The minimum atomic E-state index is -0.130. The monoisotopic (exact) mass is 363 g/mol. The molecule has 0 N–H and O–H groups in total. The van der Waals surface area contributed by atoms with E-state index in [9.17, 15) is 4.79 Å². The van der Waals surface area contributed by atoms with Gasteiger partial charge in [0.15, 0.2) is 11.5 Å². The highest BCUT2D eigenvalue weighted by Gasteiger charge is 2.35. The first-order chi connectivity index (χ1) is 13.2. The maximum Gasteiger partial charge on any atom is 0.232 e. The van der Waals surface area contributed by atoms with Gasteiger partial charge in [0.25, 0.3) is 0 Å². The van der Waals surface area contributed by atoms with Crippen LogP contribution in [0.5, 0.6) is 11.5 Å². The summed E-state index contributed by atoms with van der Waals surface area (Å²) in [5.74, 6) is 2.27. The highest BCUT2D eigenvalue weighted by atomic mass is 16.7. The fourth-order valence-corrected chi connectivity index (χ4v) is 3.40. The standard InChI is InChI=1S/C20H17N3O4/c1-12-2-4-13(5-3-12)19-21-20(27-22-19)14-8-18(24)23(10-14)15-6-7-16-17(9-15)26-11-25-16/h2-7,9,14H,8,10-11H2,1H3. The van der Waals surface area contributed by atoms with Gasteiger partial charge in [-0.2, -0.15) is 4.98 Å². The molecule has 2 aromatic carbocycles. The van der Waals surface area contributed by atoms with Crippen molar-refractivity contribution in [1.82, 2.24) is 10.1 Å². The van der Waals surface area contributed by atoms with E-state index >= 15 is 0 Å². The van der Waals surface area contributed by atoms with Crippen LogP contribution in [0.25, 0.3) is 11.4 Å². The molecule has 3 aromatic rings. The molecule has 0 saturated carbocycles.